The van der Waals surface area contributed by atoms with Crippen LogP contribution in [0.1, 0.15) is 37.4 Å². The average Bonchev–Trinajstić information content (AvgIpc) is 2.52. The Bertz CT molecular complexity index is 376. The molecule has 0 aliphatic carbocycles. The Morgan fingerprint density at radius 3 is 2.85 bits per heavy atom. The lowest BCUT2D eigenvalue weighted by molar-refractivity contribution is 0.698. The minimum absolute atomic E-state index is 0.227. The van der Waals surface area contributed by atoms with Gasteiger partial charge >= 0.3 is 0 Å². The van der Waals surface area contributed by atoms with Crippen LogP contribution in [0.3, 0.4) is 0 Å². The molecule has 0 spiro atoms. The van der Waals surface area contributed by atoms with Crippen molar-refractivity contribution in [3.8, 4) is 0 Å². The highest BCUT2D eigenvalue weighted by atomic mass is 16.1. The van der Waals surface area contributed by atoms with Gasteiger partial charge in [0.15, 0.2) is 0 Å². The maximum atomic E-state index is 11.9. The Hall–Kier alpha value is -1.05. The molecule has 0 unspecified atom stereocenters. The topological polar surface area (TPSA) is 22.0 Å². The van der Waals surface area contributed by atoms with Gasteiger partial charge in [-0.3, -0.25) is 4.79 Å². The Kier molecular flexibility index (Phi) is 1.98. The molecule has 70 valence electrons. The standard InChI is InChI=1S/C11H15NO/c1-8(2)10-6-5-9-4-3-7-12(9)11(10)13/h5-6,8H,3-4,7H2,1-2H3. The van der Waals surface area contributed by atoms with E-state index in [1.165, 1.54) is 5.69 Å². The van der Waals surface area contributed by atoms with Crippen LogP contribution in [0.25, 0.3) is 0 Å². The molecule has 1 aromatic heterocycles. The summed E-state index contributed by atoms with van der Waals surface area (Å²) < 4.78 is 1.93. The van der Waals surface area contributed by atoms with Gasteiger partial charge in [-0.2, -0.15) is 0 Å². The summed E-state index contributed by atoms with van der Waals surface area (Å²) >= 11 is 0. The van der Waals surface area contributed by atoms with Gasteiger partial charge in [0.1, 0.15) is 0 Å². The van der Waals surface area contributed by atoms with Crippen LogP contribution in [0.4, 0.5) is 0 Å². The molecule has 0 bridgehead atoms. The fraction of sp³-hybridized carbons (Fsp3) is 0.545. The first-order chi connectivity index (χ1) is 6.20. The zero-order valence-electron chi connectivity index (χ0n) is 8.21. The smallest absolute Gasteiger partial charge is 0.254 e. The molecule has 1 aliphatic rings. The van der Waals surface area contributed by atoms with Crippen molar-refractivity contribution < 1.29 is 0 Å². The van der Waals surface area contributed by atoms with E-state index >= 15 is 0 Å². The third kappa shape index (κ3) is 1.30. The number of aromatic nitrogens is 1. The summed E-state index contributed by atoms with van der Waals surface area (Å²) in [6.07, 6.45) is 2.18. The highest BCUT2D eigenvalue weighted by molar-refractivity contribution is 5.20. The molecule has 2 rings (SSSR count). The molecule has 1 aliphatic heterocycles. The van der Waals surface area contributed by atoms with E-state index in [1.54, 1.807) is 0 Å². The van der Waals surface area contributed by atoms with E-state index in [1.807, 2.05) is 10.6 Å². The van der Waals surface area contributed by atoms with Crippen molar-refractivity contribution in [2.24, 2.45) is 0 Å². The van der Waals surface area contributed by atoms with Crippen LogP contribution in [0.5, 0.6) is 0 Å². The molecule has 0 fully saturated rings. The van der Waals surface area contributed by atoms with Crippen molar-refractivity contribution in [2.75, 3.05) is 0 Å². The number of rotatable bonds is 1. The van der Waals surface area contributed by atoms with Crippen LogP contribution in [0.2, 0.25) is 0 Å². The Balaban J connectivity index is 2.59. The number of hydrogen-bond donors (Lipinski definition) is 0. The SMILES string of the molecule is CC(C)c1ccc2n(c1=O)CCC2. The van der Waals surface area contributed by atoms with Crippen molar-refractivity contribution in [1.82, 2.24) is 4.57 Å². The predicted molar refractivity (Wildman–Crippen MR) is 53.1 cm³/mol. The summed E-state index contributed by atoms with van der Waals surface area (Å²) in [5.41, 5.74) is 2.38. The molecule has 0 atom stereocenters. The van der Waals surface area contributed by atoms with Gasteiger partial charge in [-0.1, -0.05) is 19.9 Å². The second-order valence-corrected chi connectivity index (χ2v) is 4.00. The van der Waals surface area contributed by atoms with Gasteiger partial charge in [0.05, 0.1) is 0 Å². The second-order valence-electron chi connectivity index (χ2n) is 4.00. The summed E-state index contributed by atoms with van der Waals surface area (Å²) in [4.78, 5) is 11.9. The second kappa shape index (κ2) is 3.02. The number of aryl methyl sites for hydroxylation is 1. The van der Waals surface area contributed by atoms with Crippen LogP contribution < -0.4 is 5.56 Å². The molecule has 0 amide bonds. The average molecular weight is 177 g/mol. The maximum absolute atomic E-state index is 11.9. The molecule has 13 heavy (non-hydrogen) atoms. The van der Waals surface area contributed by atoms with E-state index in [0.29, 0.717) is 5.92 Å². The minimum atomic E-state index is 0.227. The molecule has 2 heterocycles. The first-order valence-electron chi connectivity index (χ1n) is 4.93. The molecule has 2 heteroatoms. The number of hydrogen-bond acceptors (Lipinski definition) is 1. The van der Waals surface area contributed by atoms with Gasteiger partial charge in [-0.15, -0.1) is 0 Å². The Morgan fingerprint density at radius 2 is 2.15 bits per heavy atom. The highest BCUT2D eigenvalue weighted by Crippen LogP contribution is 2.15. The van der Waals surface area contributed by atoms with Crippen molar-refractivity contribution in [1.29, 1.82) is 0 Å². The largest absolute Gasteiger partial charge is 0.312 e. The van der Waals surface area contributed by atoms with E-state index in [-0.39, 0.29) is 5.56 Å². The van der Waals surface area contributed by atoms with E-state index in [4.69, 9.17) is 0 Å². The van der Waals surface area contributed by atoms with Crippen LogP contribution in [0.15, 0.2) is 16.9 Å². The lowest BCUT2D eigenvalue weighted by atomic mass is 10.1. The Labute approximate surface area is 78.2 Å². The molecule has 0 N–H and O–H groups in total. The number of nitrogens with zero attached hydrogens (tertiary/aromatic N) is 1. The number of fused-ring (bicyclic) bond motifs is 1. The molecule has 0 saturated heterocycles. The summed E-state index contributed by atoms with van der Waals surface area (Å²) in [5.74, 6) is 0.339. The lowest BCUT2D eigenvalue weighted by Crippen LogP contribution is -2.23. The van der Waals surface area contributed by atoms with Crippen LogP contribution in [-0.4, -0.2) is 4.57 Å². The summed E-state index contributed by atoms with van der Waals surface area (Å²) in [6, 6.07) is 4.09. The van der Waals surface area contributed by atoms with Gasteiger partial charge < -0.3 is 4.57 Å². The van der Waals surface area contributed by atoms with Crippen LogP contribution in [-0.2, 0) is 13.0 Å². The molecule has 0 aromatic carbocycles. The normalized spacial score (nSPS) is 15.0. The van der Waals surface area contributed by atoms with Crippen LogP contribution in [0, 0.1) is 0 Å². The fourth-order valence-corrected chi connectivity index (χ4v) is 1.95. The van der Waals surface area contributed by atoms with Crippen molar-refractivity contribution >= 4 is 0 Å². The van der Waals surface area contributed by atoms with Crippen molar-refractivity contribution in [3.05, 3.63) is 33.7 Å². The molecule has 0 saturated carbocycles. The fourth-order valence-electron chi connectivity index (χ4n) is 1.95. The predicted octanol–water partition coefficient (Wildman–Crippen LogP) is 1.92. The molecule has 0 radical (unpaired) electrons. The first-order valence-corrected chi connectivity index (χ1v) is 4.93. The van der Waals surface area contributed by atoms with Crippen molar-refractivity contribution in [2.45, 2.75) is 39.2 Å². The summed E-state index contributed by atoms with van der Waals surface area (Å²) in [5, 5.41) is 0. The van der Waals surface area contributed by atoms with Gasteiger partial charge in [0.25, 0.3) is 5.56 Å². The van der Waals surface area contributed by atoms with Gasteiger partial charge in [0, 0.05) is 17.8 Å². The van der Waals surface area contributed by atoms with Gasteiger partial charge in [-0.05, 0) is 24.8 Å². The zero-order valence-corrected chi connectivity index (χ0v) is 8.21. The highest BCUT2D eigenvalue weighted by Gasteiger charge is 2.14. The summed E-state index contributed by atoms with van der Waals surface area (Å²) in [7, 11) is 0. The monoisotopic (exact) mass is 177 g/mol. The zero-order chi connectivity index (χ0) is 9.42. The molecule has 1 aromatic rings. The van der Waals surface area contributed by atoms with E-state index in [2.05, 4.69) is 19.9 Å². The van der Waals surface area contributed by atoms with Gasteiger partial charge in [0.2, 0.25) is 0 Å². The number of pyridine rings is 1. The lowest BCUT2D eigenvalue weighted by Gasteiger charge is -2.08. The van der Waals surface area contributed by atoms with Crippen LogP contribution >= 0.6 is 0 Å². The Morgan fingerprint density at radius 1 is 1.38 bits per heavy atom. The van der Waals surface area contributed by atoms with E-state index in [0.717, 1.165) is 24.9 Å². The van der Waals surface area contributed by atoms with Crippen molar-refractivity contribution in [3.63, 3.8) is 0 Å². The molecular formula is C11H15NO. The van der Waals surface area contributed by atoms with E-state index < -0.39 is 0 Å². The molecular weight excluding hydrogens is 162 g/mol. The third-order valence-electron chi connectivity index (χ3n) is 2.73. The maximum Gasteiger partial charge on any atom is 0.254 e. The first kappa shape index (κ1) is 8.54. The third-order valence-corrected chi connectivity index (χ3v) is 2.73. The molecule has 2 nitrogen and oxygen atoms in total. The minimum Gasteiger partial charge on any atom is -0.312 e. The van der Waals surface area contributed by atoms with Gasteiger partial charge in [-0.25, -0.2) is 0 Å². The van der Waals surface area contributed by atoms with E-state index in [9.17, 15) is 4.79 Å². The summed E-state index contributed by atoms with van der Waals surface area (Å²) in [6.45, 7) is 5.05. The quantitative estimate of drug-likeness (QED) is 0.642.